The van der Waals surface area contributed by atoms with Gasteiger partial charge in [-0.15, -0.1) is 0 Å². The van der Waals surface area contributed by atoms with Gasteiger partial charge in [0.15, 0.2) is 0 Å². The summed E-state index contributed by atoms with van der Waals surface area (Å²) in [6.07, 6.45) is 3.00. The minimum atomic E-state index is -0.964. The molecule has 0 unspecified atom stereocenters. The first kappa shape index (κ1) is 36.6. The van der Waals surface area contributed by atoms with E-state index in [1.165, 1.54) is 36.7 Å². The number of rotatable bonds is 10. The van der Waals surface area contributed by atoms with Crippen molar-refractivity contribution in [2.75, 3.05) is 7.11 Å². The number of carboxylic acids is 1. The van der Waals surface area contributed by atoms with Gasteiger partial charge < -0.3 is 9.84 Å². The summed E-state index contributed by atoms with van der Waals surface area (Å²) in [5, 5.41) is 16.8. The number of ether oxygens (including phenoxy) is 1. The maximum Gasteiger partial charge on any atom is 0.337 e. The largest absolute Gasteiger partial charge is 0.478 e. The fraction of sp³-hybridized carbons (Fsp3) is 0.211. The highest BCUT2D eigenvalue weighted by Crippen LogP contribution is 2.16. The van der Waals surface area contributed by atoms with Crippen molar-refractivity contribution < 1.29 is 29.0 Å². The maximum absolute atomic E-state index is 12.0. The van der Waals surface area contributed by atoms with Crippen LogP contribution >= 0.6 is 0 Å². The number of aryl methyl sites for hydroxylation is 1. The number of hydrogen-bond acceptors (Lipinski definition) is 7. The summed E-state index contributed by atoms with van der Waals surface area (Å²) in [5.41, 5.74) is 11.2. The lowest BCUT2D eigenvalue weighted by atomic mass is 10.0. The second-order valence-electron chi connectivity index (χ2n) is 11.4. The van der Waals surface area contributed by atoms with E-state index >= 15 is 0 Å². The summed E-state index contributed by atoms with van der Waals surface area (Å²) in [5.74, 6) is -1.08. The predicted octanol–water partition coefficient (Wildman–Crippen LogP) is 6.94. The number of esters is 1. The molecular formula is C38H40N4O6. The first-order valence-electron chi connectivity index (χ1n) is 15.3. The zero-order chi connectivity index (χ0) is 35.2. The Balaban J connectivity index is 0.000000260. The molecule has 4 aromatic carbocycles. The molecular weight excluding hydrogens is 608 g/mol. The van der Waals surface area contributed by atoms with Crippen LogP contribution < -0.4 is 10.9 Å². The van der Waals surface area contributed by atoms with E-state index in [0.717, 1.165) is 5.56 Å². The first-order chi connectivity index (χ1) is 22.9. The van der Waals surface area contributed by atoms with Gasteiger partial charge in [0.2, 0.25) is 0 Å². The number of hydrazone groups is 2. The number of carbonyl (C=O) groups excluding carboxylic acids is 3. The summed E-state index contributed by atoms with van der Waals surface area (Å²) < 4.78 is 4.63. The van der Waals surface area contributed by atoms with E-state index in [1.54, 1.807) is 67.6 Å². The van der Waals surface area contributed by atoms with Gasteiger partial charge in [-0.3, -0.25) is 9.59 Å². The molecule has 0 heterocycles. The third-order valence-corrected chi connectivity index (χ3v) is 7.25. The molecule has 0 aliphatic carbocycles. The van der Waals surface area contributed by atoms with Gasteiger partial charge in [-0.05, 0) is 95.1 Å². The predicted molar refractivity (Wildman–Crippen MR) is 187 cm³/mol. The summed E-state index contributed by atoms with van der Waals surface area (Å²) in [7, 11) is 1.33. The minimum Gasteiger partial charge on any atom is -0.478 e. The molecule has 2 amide bonds. The number of carboxylic acid groups (broad SMARTS) is 1. The molecule has 4 aromatic rings. The molecule has 4 rings (SSSR count). The second-order valence-corrected chi connectivity index (χ2v) is 11.4. The summed E-state index contributed by atoms with van der Waals surface area (Å²) >= 11 is 0. The number of methoxy groups -OCH3 is 1. The number of hydrogen-bond donors (Lipinski definition) is 3. The van der Waals surface area contributed by atoms with Crippen LogP contribution in [0.2, 0.25) is 0 Å². The Labute approximate surface area is 280 Å². The van der Waals surface area contributed by atoms with Gasteiger partial charge in [0, 0.05) is 11.1 Å². The second kappa shape index (κ2) is 17.7. The molecule has 0 bridgehead atoms. The lowest BCUT2D eigenvalue weighted by Crippen LogP contribution is -2.17. The van der Waals surface area contributed by atoms with Gasteiger partial charge in [0.05, 0.1) is 30.7 Å². The summed E-state index contributed by atoms with van der Waals surface area (Å²) in [6, 6.07) is 26.4. The molecule has 0 fully saturated rings. The van der Waals surface area contributed by atoms with Crippen LogP contribution in [0.5, 0.6) is 0 Å². The van der Waals surface area contributed by atoms with Crippen LogP contribution in [0.1, 0.15) is 109 Å². The number of carbonyl (C=O) groups is 4. The number of nitrogens with one attached hydrogen (secondary N) is 2. The highest BCUT2D eigenvalue weighted by molar-refractivity contribution is 5.96. The molecule has 0 atom stereocenters. The fourth-order valence-corrected chi connectivity index (χ4v) is 4.33. The molecule has 0 aliphatic heterocycles. The first-order valence-corrected chi connectivity index (χ1v) is 15.3. The van der Waals surface area contributed by atoms with E-state index in [0.29, 0.717) is 39.7 Å². The van der Waals surface area contributed by atoms with Gasteiger partial charge >= 0.3 is 11.9 Å². The van der Waals surface area contributed by atoms with Crippen molar-refractivity contribution in [3.8, 4) is 0 Å². The fourth-order valence-electron chi connectivity index (χ4n) is 4.33. The van der Waals surface area contributed by atoms with Crippen molar-refractivity contribution in [1.82, 2.24) is 10.9 Å². The quantitative estimate of drug-likeness (QED) is 0.0965. The Bertz CT molecular complexity index is 1780. The Morgan fingerprint density at radius 3 is 1.46 bits per heavy atom. The molecule has 0 radical (unpaired) electrons. The molecule has 0 aliphatic rings. The van der Waals surface area contributed by atoms with Crippen molar-refractivity contribution in [2.24, 2.45) is 10.2 Å². The van der Waals surface area contributed by atoms with E-state index in [4.69, 9.17) is 5.11 Å². The van der Waals surface area contributed by atoms with Gasteiger partial charge in [0.1, 0.15) is 0 Å². The molecule has 10 heteroatoms. The van der Waals surface area contributed by atoms with Gasteiger partial charge in [-0.25, -0.2) is 20.4 Å². The molecule has 48 heavy (non-hydrogen) atoms. The standard InChI is InChI=1S/2C19H20N2O3/c1-12(2)15-5-7-16(8-6-15)18(22)21-20-11-14-4-9-17(19(23)24)13(3)10-14;1-13(2)15-8-10-16(11-9-15)18(22)21-20-12-14-4-6-17(7-5-14)19(23)24-3/h4-12H,1-3H3,(H,21,22)(H,23,24);4-13H,1-3H3,(H,21,22). The third-order valence-electron chi connectivity index (χ3n) is 7.25. The molecule has 0 spiro atoms. The number of nitrogens with zero attached hydrogens (tertiary/aromatic N) is 2. The van der Waals surface area contributed by atoms with Gasteiger partial charge in [-0.1, -0.05) is 70.2 Å². The van der Waals surface area contributed by atoms with E-state index in [1.807, 2.05) is 24.3 Å². The van der Waals surface area contributed by atoms with Crippen molar-refractivity contribution in [1.29, 1.82) is 0 Å². The summed E-state index contributed by atoms with van der Waals surface area (Å²) in [4.78, 5) is 46.3. The lowest BCUT2D eigenvalue weighted by Gasteiger charge is -2.06. The SMILES string of the molecule is COC(=O)c1ccc(C=NNC(=O)c2ccc(C(C)C)cc2)cc1.Cc1cc(C=NNC(=O)c2ccc(C(C)C)cc2)ccc1C(=O)O. The molecule has 0 saturated heterocycles. The van der Waals surface area contributed by atoms with Crippen molar-refractivity contribution in [3.63, 3.8) is 0 Å². The number of benzene rings is 4. The van der Waals surface area contributed by atoms with Crippen LogP contribution in [0.3, 0.4) is 0 Å². The zero-order valence-corrected chi connectivity index (χ0v) is 27.9. The van der Waals surface area contributed by atoms with Crippen LogP contribution in [0.25, 0.3) is 0 Å². The van der Waals surface area contributed by atoms with E-state index in [9.17, 15) is 19.2 Å². The van der Waals surface area contributed by atoms with Crippen LogP contribution in [-0.2, 0) is 4.74 Å². The Morgan fingerprint density at radius 1 is 0.646 bits per heavy atom. The van der Waals surface area contributed by atoms with Gasteiger partial charge in [-0.2, -0.15) is 10.2 Å². The Kier molecular flexibility index (Phi) is 13.5. The molecule has 0 saturated carbocycles. The maximum atomic E-state index is 12.0. The average molecular weight is 649 g/mol. The van der Waals surface area contributed by atoms with Crippen molar-refractivity contribution in [3.05, 3.63) is 141 Å². The van der Waals surface area contributed by atoms with Crippen LogP contribution in [0.15, 0.2) is 101 Å². The topological polar surface area (TPSA) is 147 Å². The van der Waals surface area contributed by atoms with Crippen molar-refractivity contribution >= 4 is 36.2 Å². The third kappa shape index (κ3) is 10.9. The van der Waals surface area contributed by atoms with E-state index in [2.05, 4.69) is 53.5 Å². The lowest BCUT2D eigenvalue weighted by molar-refractivity contribution is 0.0599. The average Bonchev–Trinajstić information content (AvgIpc) is 3.08. The number of aromatic carboxylic acids is 1. The van der Waals surface area contributed by atoms with Crippen LogP contribution in [-0.4, -0.2) is 48.4 Å². The summed E-state index contributed by atoms with van der Waals surface area (Å²) in [6.45, 7) is 10.1. The molecule has 0 aromatic heterocycles. The smallest absolute Gasteiger partial charge is 0.337 e. The number of amides is 2. The van der Waals surface area contributed by atoms with E-state index < -0.39 is 11.9 Å². The monoisotopic (exact) mass is 648 g/mol. The van der Waals surface area contributed by atoms with Gasteiger partial charge in [0.25, 0.3) is 11.8 Å². The molecule has 248 valence electrons. The van der Waals surface area contributed by atoms with Crippen LogP contribution in [0, 0.1) is 6.92 Å². The Hall–Kier alpha value is -5.90. The zero-order valence-electron chi connectivity index (χ0n) is 27.9. The Morgan fingerprint density at radius 2 is 1.06 bits per heavy atom. The molecule has 10 nitrogen and oxygen atoms in total. The normalized spacial score (nSPS) is 10.9. The highest BCUT2D eigenvalue weighted by Gasteiger charge is 2.08. The minimum absolute atomic E-state index is 0.251. The van der Waals surface area contributed by atoms with E-state index in [-0.39, 0.29) is 17.4 Å². The van der Waals surface area contributed by atoms with Crippen molar-refractivity contribution in [2.45, 2.75) is 46.5 Å². The molecule has 3 N–H and O–H groups in total. The van der Waals surface area contributed by atoms with Crippen LogP contribution in [0.4, 0.5) is 0 Å². The highest BCUT2D eigenvalue weighted by atomic mass is 16.5.